The van der Waals surface area contributed by atoms with Crippen LogP contribution >= 0.6 is 0 Å². The minimum absolute atomic E-state index is 0.0144. The molecule has 0 radical (unpaired) electrons. The monoisotopic (exact) mass is 471 g/mol. The molecule has 0 spiro atoms. The largest absolute Gasteiger partial charge is 0.496 e. The van der Waals surface area contributed by atoms with Gasteiger partial charge >= 0.3 is 13.1 Å². The standard InChI is InChI=1S/C26H38BNO6/c1-15(29)28-21(27-33-20-14-17-13-19(25(17,5)6)26(20,7)34-27)12-16-10-9-11-18(22(16)31-8)23(30)32-24(2,3)4/h9-11,17,19-21H,12-14H2,1-8H3,(H,28,29)/t17-,19-,20-,21+,26-/m1/s1. The number of benzene rings is 1. The molecule has 4 aliphatic rings. The third kappa shape index (κ3) is 4.35. The van der Waals surface area contributed by atoms with Crippen molar-refractivity contribution in [1.29, 1.82) is 0 Å². The van der Waals surface area contributed by atoms with E-state index in [0.717, 1.165) is 18.4 Å². The van der Waals surface area contributed by atoms with E-state index in [4.69, 9.17) is 18.8 Å². The van der Waals surface area contributed by atoms with Crippen LogP contribution in [-0.4, -0.2) is 49.4 Å². The van der Waals surface area contributed by atoms with E-state index in [1.807, 2.05) is 26.8 Å². The van der Waals surface area contributed by atoms with Crippen molar-refractivity contribution < 1.29 is 28.4 Å². The Bertz CT molecular complexity index is 973. The fourth-order valence-corrected chi connectivity index (χ4v) is 6.26. The van der Waals surface area contributed by atoms with Gasteiger partial charge in [0.15, 0.2) is 0 Å². The molecule has 1 aromatic rings. The van der Waals surface area contributed by atoms with Crippen LogP contribution in [0.1, 0.15) is 77.2 Å². The van der Waals surface area contributed by atoms with E-state index in [1.54, 1.807) is 12.1 Å². The third-order valence-corrected chi connectivity index (χ3v) is 8.05. The van der Waals surface area contributed by atoms with Gasteiger partial charge in [0.05, 0.1) is 24.8 Å². The normalized spacial score (nSPS) is 30.1. The van der Waals surface area contributed by atoms with Crippen molar-refractivity contribution in [2.75, 3.05) is 7.11 Å². The zero-order valence-electron chi connectivity index (χ0n) is 21.7. The van der Waals surface area contributed by atoms with Crippen LogP contribution in [0.25, 0.3) is 0 Å². The number of nitrogens with one attached hydrogen (secondary N) is 1. The molecule has 4 fully saturated rings. The summed E-state index contributed by atoms with van der Waals surface area (Å²) in [5, 5.41) is 3.02. The number of carbonyl (C=O) groups is 2. The average Bonchev–Trinajstić information content (AvgIpc) is 3.08. The van der Waals surface area contributed by atoms with Gasteiger partial charge in [0, 0.05) is 6.92 Å². The van der Waals surface area contributed by atoms with E-state index < -0.39 is 24.6 Å². The summed E-state index contributed by atoms with van der Waals surface area (Å²) >= 11 is 0. The number of hydrogen-bond donors (Lipinski definition) is 1. The molecule has 2 bridgehead atoms. The topological polar surface area (TPSA) is 83.1 Å². The van der Waals surface area contributed by atoms with Crippen LogP contribution in [0.2, 0.25) is 0 Å². The van der Waals surface area contributed by atoms with Gasteiger partial charge in [-0.1, -0.05) is 26.0 Å². The lowest BCUT2D eigenvalue weighted by molar-refractivity contribution is -0.199. The fourth-order valence-electron chi connectivity index (χ4n) is 6.26. The van der Waals surface area contributed by atoms with E-state index in [0.29, 0.717) is 29.6 Å². The molecule has 186 valence electrons. The van der Waals surface area contributed by atoms with E-state index in [9.17, 15) is 9.59 Å². The van der Waals surface area contributed by atoms with Gasteiger partial charge in [-0.2, -0.15) is 0 Å². The second kappa shape index (κ2) is 8.56. The van der Waals surface area contributed by atoms with Crippen molar-refractivity contribution >= 4 is 19.0 Å². The zero-order chi connectivity index (χ0) is 25.1. The molecule has 34 heavy (non-hydrogen) atoms. The summed E-state index contributed by atoms with van der Waals surface area (Å²) in [6, 6.07) is 5.39. The van der Waals surface area contributed by atoms with E-state index in [1.165, 1.54) is 14.0 Å². The highest BCUT2D eigenvalue weighted by Gasteiger charge is 2.68. The second-order valence-electron chi connectivity index (χ2n) is 11.8. The van der Waals surface area contributed by atoms with Gasteiger partial charge in [-0.15, -0.1) is 0 Å². The van der Waals surface area contributed by atoms with Crippen LogP contribution in [-0.2, 0) is 25.3 Å². The Morgan fingerprint density at radius 3 is 2.53 bits per heavy atom. The molecule has 8 heteroatoms. The maximum absolute atomic E-state index is 12.8. The lowest BCUT2D eigenvalue weighted by atomic mass is 9.43. The van der Waals surface area contributed by atoms with E-state index in [2.05, 4.69) is 26.1 Å². The van der Waals surface area contributed by atoms with Crippen molar-refractivity contribution in [3.05, 3.63) is 29.3 Å². The lowest BCUT2D eigenvalue weighted by Gasteiger charge is -2.64. The fraction of sp³-hybridized carbons (Fsp3) is 0.692. The van der Waals surface area contributed by atoms with Crippen LogP contribution in [0.3, 0.4) is 0 Å². The highest BCUT2D eigenvalue weighted by atomic mass is 16.7. The molecule has 1 aromatic carbocycles. The number of hydrogen-bond acceptors (Lipinski definition) is 6. The first kappa shape index (κ1) is 25.1. The van der Waals surface area contributed by atoms with E-state index >= 15 is 0 Å². The Labute approximate surface area is 203 Å². The number of methoxy groups -OCH3 is 1. The van der Waals surface area contributed by atoms with Gasteiger partial charge in [0.2, 0.25) is 5.91 Å². The van der Waals surface area contributed by atoms with Gasteiger partial charge in [0.1, 0.15) is 16.9 Å². The Kier molecular flexibility index (Phi) is 6.30. The van der Waals surface area contributed by atoms with Gasteiger partial charge in [-0.25, -0.2) is 4.79 Å². The summed E-state index contributed by atoms with van der Waals surface area (Å²) in [6.07, 6.45) is 2.54. The Hall–Kier alpha value is -2.06. The molecule has 1 N–H and O–H groups in total. The highest BCUT2D eigenvalue weighted by Crippen LogP contribution is 2.65. The molecule has 1 saturated heterocycles. The van der Waals surface area contributed by atoms with Crippen LogP contribution < -0.4 is 10.1 Å². The molecule has 5 atom stereocenters. The van der Waals surface area contributed by atoms with E-state index in [-0.39, 0.29) is 23.0 Å². The molecule has 1 amide bonds. The van der Waals surface area contributed by atoms with Gasteiger partial charge in [-0.05, 0) is 75.8 Å². The molecule has 0 aromatic heterocycles. The SMILES string of the molecule is COc1c(C[C@H](NC(C)=O)B2O[C@@H]3C[C@H]4C[C@H](C4(C)C)[C@@]3(C)O2)cccc1C(=O)OC(C)(C)C. The summed E-state index contributed by atoms with van der Waals surface area (Å²) in [5.74, 6) is 0.472. The Balaban J connectivity index is 1.59. The highest BCUT2D eigenvalue weighted by molar-refractivity contribution is 6.48. The number of ether oxygens (including phenoxy) is 2. The van der Waals surface area contributed by atoms with Gasteiger partial charge < -0.3 is 24.1 Å². The number of rotatable bonds is 6. The van der Waals surface area contributed by atoms with Crippen molar-refractivity contribution in [1.82, 2.24) is 5.32 Å². The predicted molar refractivity (Wildman–Crippen MR) is 130 cm³/mol. The van der Waals surface area contributed by atoms with Crippen molar-refractivity contribution in [2.24, 2.45) is 17.3 Å². The smallest absolute Gasteiger partial charge is 0.482 e. The van der Waals surface area contributed by atoms with Gasteiger partial charge in [-0.3, -0.25) is 4.79 Å². The number of para-hydroxylation sites is 1. The number of esters is 1. The average molecular weight is 471 g/mol. The lowest BCUT2D eigenvalue weighted by Crippen LogP contribution is -2.65. The molecule has 3 aliphatic carbocycles. The summed E-state index contributed by atoms with van der Waals surface area (Å²) in [5.41, 5.74) is 0.372. The van der Waals surface area contributed by atoms with Gasteiger partial charge in [0.25, 0.3) is 0 Å². The maximum Gasteiger partial charge on any atom is 0.482 e. The Morgan fingerprint density at radius 1 is 1.24 bits per heavy atom. The first-order valence-corrected chi connectivity index (χ1v) is 12.3. The summed E-state index contributed by atoms with van der Waals surface area (Å²) in [4.78, 5) is 24.9. The summed E-state index contributed by atoms with van der Waals surface area (Å²) in [7, 11) is 0.956. The molecule has 7 nitrogen and oxygen atoms in total. The molecule has 0 unspecified atom stereocenters. The predicted octanol–water partition coefficient (Wildman–Crippen LogP) is 3.97. The minimum Gasteiger partial charge on any atom is -0.496 e. The van der Waals surface area contributed by atoms with Crippen molar-refractivity contribution in [3.63, 3.8) is 0 Å². The minimum atomic E-state index is -0.622. The first-order chi connectivity index (χ1) is 15.8. The van der Waals surface area contributed by atoms with Crippen molar-refractivity contribution in [3.8, 4) is 5.75 Å². The molecule has 5 rings (SSSR count). The molecular formula is C26H38BNO6. The van der Waals surface area contributed by atoms with Crippen LogP contribution in [0.4, 0.5) is 0 Å². The molecule has 1 aliphatic heterocycles. The quantitative estimate of drug-likeness (QED) is 0.500. The van der Waals surface area contributed by atoms with Crippen molar-refractivity contribution in [2.45, 2.75) is 91.0 Å². The number of amides is 1. The van der Waals surface area contributed by atoms with Crippen LogP contribution in [0.15, 0.2) is 18.2 Å². The zero-order valence-corrected chi connectivity index (χ0v) is 21.7. The second-order valence-corrected chi connectivity index (χ2v) is 11.8. The summed E-state index contributed by atoms with van der Waals surface area (Å²) in [6.45, 7) is 13.8. The molecule has 1 heterocycles. The van der Waals surface area contributed by atoms with Crippen LogP contribution in [0.5, 0.6) is 5.75 Å². The molecular weight excluding hydrogens is 433 g/mol. The van der Waals surface area contributed by atoms with Crippen LogP contribution in [0, 0.1) is 17.3 Å². The Morgan fingerprint density at radius 2 is 1.94 bits per heavy atom. The summed E-state index contributed by atoms with van der Waals surface area (Å²) < 4.78 is 24.3. The molecule has 3 saturated carbocycles. The maximum atomic E-state index is 12.8. The third-order valence-electron chi connectivity index (χ3n) is 8.05. The first-order valence-electron chi connectivity index (χ1n) is 12.3. The number of carbonyl (C=O) groups excluding carboxylic acids is 2.